The highest BCUT2D eigenvalue weighted by Gasteiger charge is 2.02. The molecule has 0 spiro atoms. The van der Waals surface area contributed by atoms with Crippen LogP contribution in [-0.4, -0.2) is 12.1 Å². The summed E-state index contributed by atoms with van der Waals surface area (Å²) in [6.45, 7) is 0.586. The van der Waals surface area contributed by atoms with Gasteiger partial charge in [0.25, 0.3) is 0 Å². The van der Waals surface area contributed by atoms with Gasteiger partial charge in [-0.25, -0.2) is 9.37 Å². The van der Waals surface area contributed by atoms with Crippen molar-refractivity contribution < 1.29 is 9.13 Å². The highest BCUT2D eigenvalue weighted by atomic mass is 19.1. The Morgan fingerprint density at radius 1 is 1.24 bits per heavy atom. The Hall–Kier alpha value is -2.10. The zero-order valence-corrected chi connectivity index (χ0v) is 9.48. The minimum absolute atomic E-state index is 0.241. The van der Waals surface area contributed by atoms with Crippen LogP contribution in [-0.2, 0) is 6.54 Å². The molecule has 1 N–H and O–H groups in total. The number of anilines is 1. The fraction of sp³-hybridized carbons (Fsp3) is 0.154. The first-order valence-electron chi connectivity index (χ1n) is 5.27. The monoisotopic (exact) mass is 232 g/mol. The predicted octanol–water partition coefficient (Wildman–Crippen LogP) is 2.84. The second-order valence-corrected chi connectivity index (χ2v) is 3.53. The van der Waals surface area contributed by atoms with E-state index in [1.54, 1.807) is 25.4 Å². The van der Waals surface area contributed by atoms with Crippen LogP contribution < -0.4 is 10.1 Å². The van der Waals surface area contributed by atoms with Crippen LogP contribution in [0.1, 0.15) is 5.56 Å². The molecule has 17 heavy (non-hydrogen) atoms. The normalized spacial score (nSPS) is 10.0. The molecule has 0 bridgehead atoms. The van der Waals surface area contributed by atoms with E-state index >= 15 is 0 Å². The van der Waals surface area contributed by atoms with Crippen LogP contribution in [0.5, 0.6) is 5.88 Å². The molecule has 0 aliphatic heterocycles. The van der Waals surface area contributed by atoms with Gasteiger partial charge in [0.2, 0.25) is 5.88 Å². The maximum absolute atomic E-state index is 12.7. The SMILES string of the molecule is COc1ncccc1CNc1ccc(F)cc1. The van der Waals surface area contributed by atoms with Crippen molar-refractivity contribution in [3.8, 4) is 5.88 Å². The first-order chi connectivity index (χ1) is 8.29. The van der Waals surface area contributed by atoms with Gasteiger partial charge in [0.05, 0.1) is 7.11 Å². The fourth-order valence-corrected chi connectivity index (χ4v) is 1.51. The van der Waals surface area contributed by atoms with Gasteiger partial charge in [-0.2, -0.15) is 0 Å². The Bertz CT molecular complexity index is 485. The van der Waals surface area contributed by atoms with Crippen LogP contribution in [0.25, 0.3) is 0 Å². The third-order valence-electron chi connectivity index (χ3n) is 2.37. The van der Waals surface area contributed by atoms with Crippen LogP contribution in [0.15, 0.2) is 42.6 Å². The van der Waals surface area contributed by atoms with E-state index in [9.17, 15) is 4.39 Å². The summed E-state index contributed by atoms with van der Waals surface area (Å²) in [6.07, 6.45) is 1.68. The first-order valence-corrected chi connectivity index (χ1v) is 5.27. The summed E-state index contributed by atoms with van der Waals surface area (Å²) in [6, 6.07) is 10.0. The summed E-state index contributed by atoms with van der Waals surface area (Å²) in [5, 5.41) is 3.18. The quantitative estimate of drug-likeness (QED) is 0.880. The number of halogens is 1. The standard InChI is InChI=1S/C13H13FN2O/c1-17-13-10(3-2-8-15-13)9-16-12-6-4-11(14)5-7-12/h2-8,16H,9H2,1H3. The van der Waals surface area contributed by atoms with Crippen molar-refractivity contribution >= 4 is 5.69 Å². The third-order valence-corrected chi connectivity index (χ3v) is 2.37. The van der Waals surface area contributed by atoms with Gasteiger partial charge in [0, 0.05) is 24.0 Å². The summed E-state index contributed by atoms with van der Waals surface area (Å²) in [5.74, 6) is 0.358. The molecule has 2 aromatic rings. The van der Waals surface area contributed by atoms with E-state index in [2.05, 4.69) is 10.3 Å². The molecule has 4 heteroatoms. The minimum atomic E-state index is -0.241. The number of rotatable bonds is 4. The van der Waals surface area contributed by atoms with Gasteiger partial charge in [-0.05, 0) is 30.3 Å². The summed E-state index contributed by atoms with van der Waals surface area (Å²) in [5.41, 5.74) is 1.82. The number of hydrogen-bond acceptors (Lipinski definition) is 3. The molecule has 0 fully saturated rings. The zero-order valence-electron chi connectivity index (χ0n) is 9.48. The summed E-state index contributed by atoms with van der Waals surface area (Å²) in [7, 11) is 1.59. The Kier molecular flexibility index (Phi) is 3.55. The number of nitrogens with zero attached hydrogens (tertiary/aromatic N) is 1. The van der Waals surface area contributed by atoms with Crippen LogP contribution >= 0.6 is 0 Å². The van der Waals surface area contributed by atoms with Crippen molar-refractivity contribution in [2.75, 3.05) is 12.4 Å². The molecule has 0 aliphatic rings. The number of aromatic nitrogens is 1. The Balaban J connectivity index is 2.04. The molecule has 3 nitrogen and oxygen atoms in total. The first kappa shape index (κ1) is 11.4. The summed E-state index contributed by atoms with van der Waals surface area (Å²) in [4.78, 5) is 4.10. The Morgan fingerprint density at radius 3 is 2.71 bits per heavy atom. The molecular weight excluding hydrogens is 219 g/mol. The lowest BCUT2D eigenvalue weighted by atomic mass is 10.2. The fourth-order valence-electron chi connectivity index (χ4n) is 1.51. The molecule has 0 saturated heterocycles. The lowest BCUT2D eigenvalue weighted by Gasteiger charge is -2.09. The van der Waals surface area contributed by atoms with E-state index < -0.39 is 0 Å². The number of nitrogens with one attached hydrogen (secondary N) is 1. The van der Waals surface area contributed by atoms with Crippen molar-refractivity contribution in [3.63, 3.8) is 0 Å². The molecule has 0 saturated carbocycles. The largest absolute Gasteiger partial charge is 0.481 e. The molecule has 1 aromatic carbocycles. The number of methoxy groups -OCH3 is 1. The predicted molar refractivity (Wildman–Crippen MR) is 64.5 cm³/mol. The Morgan fingerprint density at radius 2 is 2.00 bits per heavy atom. The van der Waals surface area contributed by atoms with E-state index in [1.807, 2.05) is 12.1 Å². The summed E-state index contributed by atoms with van der Waals surface area (Å²) < 4.78 is 17.9. The smallest absolute Gasteiger partial charge is 0.218 e. The van der Waals surface area contributed by atoms with E-state index in [4.69, 9.17) is 4.74 Å². The van der Waals surface area contributed by atoms with E-state index in [1.165, 1.54) is 12.1 Å². The van der Waals surface area contributed by atoms with Crippen molar-refractivity contribution in [2.45, 2.75) is 6.54 Å². The Labute approximate surface area is 99.3 Å². The molecule has 0 unspecified atom stereocenters. The lowest BCUT2D eigenvalue weighted by molar-refractivity contribution is 0.393. The minimum Gasteiger partial charge on any atom is -0.481 e. The zero-order chi connectivity index (χ0) is 12.1. The molecule has 0 aliphatic carbocycles. The van der Waals surface area contributed by atoms with Gasteiger partial charge in [-0.3, -0.25) is 0 Å². The molecule has 0 amide bonds. The van der Waals surface area contributed by atoms with Crippen LogP contribution in [0.3, 0.4) is 0 Å². The molecule has 0 atom stereocenters. The van der Waals surface area contributed by atoms with Crippen molar-refractivity contribution in [1.82, 2.24) is 4.98 Å². The van der Waals surface area contributed by atoms with E-state index in [-0.39, 0.29) is 5.82 Å². The van der Waals surface area contributed by atoms with Crippen molar-refractivity contribution in [2.24, 2.45) is 0 Å². The van der Waals surface area contributed by atoms with Crippen LogP contribution in [0.4, 0.5) is 10.1 Å². The second kappa shape index (κ2) is 5.30. The second-order valence-electron chi connectivity index (χ2n) is 3.53. The van der Waals surface area contributed by atoms with Crippen molar-refractivity contribution in [1.29, 1.82) is 0 Å². The molecule has 88 valence electrons. The van der Waals surface area contributed by atoms with Gasteiger partial charge >= 0.3 is 0 Å². The molecule has 1 aromatic heterocycles. The number of ether oxygens (including phenoxy) is 1. The van der Waals surface area contributed by atoms with E-state index in [0.29, 0.717) is 12.4 Å². The molecule has 2 rings (SSSR count). The van der Waals surface area contributed by atoms with Crippen LogP contribution in [0, 0.1) is 5.82 Å². The molecular formula is C13H13FN2O. The average Bonchev–Trinajstić information content (AvgIpc) is 2.38. The highest BCUT2D eigenvalue weighted by Crippen LogP contribution is 2.16. The number of pyridine rings is 1. The van der Waals surface area contributed by atoms with Gasteiger partial charge in [0.1, 0.15) is 5.82 Å². The molecule has 1 heterocycles. The lowest BCUT2D eigenvalue weighted by Crippen LogP contribution is -2.02. The van der Waals surface area contributed by atoms with Crippen LogP contribution in [0.2, 0.25) is 0 Å². The maximum atomic E-state index is 12.7. The maximum Gasteiger partial charge on any atom is 0.218 e. The van der Waals surface area contributed by atoms with Gasteiger partial charge < -0.3 is 10.1 Å². The number of hydrogen-bond donors (Lipinski definition) is 1. The highest BCUT2D eigenvalue weighted by molar-refractivity contribution is 5.44. The van der Waals surface area contributed by atoms with E-state index in [0.717, 1.165) is 11.3 Å². The van der Waals surface area contributed by atoms with Crippen molar-refractivity contribution in [3.05, 3.63) is 54.0 Å². The van der Waals surface area contributed by atoms with Gasteiger partial charge in [-0.1, -0.05) is 6.07 Å². The number of benzene rings is 1. The van der Waals surface area contributed by atoms with Gasteiger partial charge in [-0.15, -0.1) is 0 Å². The average molecular weight is 232 g/mol. The summed E-state index contributed by atoms with van der Waals surface area (Å²) >= 11 is 0. The molecule has 0 radical (unpaired) electrons. The van der Waals surface area contributed by atoms with Gasteiger partial charge in [0.15, 0.2) is 0 Å². The third kappa shape index (κ3) is 2.93. The topological polar surface area (TPSA) is 34.1 Å².